The SMILES string of the molecule is Cc1cnccc1NCCC(=O)N1CCCC1. The molecule has 0 bridgehead atoms. The number of aryl methyl sites for hydroxylation is 1. The summed E-state index contributed by atoms with van der Waals surface area (Å²) in [6.07, 6.45) is 6.47. The van der Waals surface area contributed by atoms with Gasteiger partial charge in [0.1, 0.15) is 0 Å². The second-order valence-electron chi connectivity index (χ2n) is 4.46. The Morgan fingerprint density at radius 3 is 2.94 bits per heavy atom. The first-order chi connectivity index (χ1) is 8.27. The normalized spacial score (nSPS) is 15.0. The van der Waals surface area contributed by atoms with E-state index in [0.717, 1.165) is 37.2 Å². The molecule has 1 N–H and O–H groups in total. The van der Waals surface area contributed by atoms with Crippen molar-refractivity contribution in [2.24, 2.45) is 0 Å². The topological polar surface area (TPSA) is 45.2 Å². The molecular formula is C13H19N3O. The van der Waals surface area contributed by atoms with E-state index in [0.29, 0.717) is 13.0 Å². The molecule has 2 rings (SSSR count). The van der Waals surface area contributed by atoms with Crippen LogP contribution in [-0.4, -0.2) is 35.4 Å². The molecule has 2 heterocycles. The summed E-state index contributed by atoms with van der Waals surface area (Å²) in [4.78, 5) is 17.8. The van der Waals surface area contributed by atoms with Gasteiger partial charge in [-0.1, -0.05) is 0 Å². The minimum absolute atomic E-state index is 0.265. The van der Waals surface area contributed by atoms with Crippen molar-refractivity contribution < 1.29 is 4.79 Å². The van der Waals surface area contributed by atoms with E-state index in [2.05, 4.69) is 10.3 Å². The van der Waals surface area contributed by atoms with Crippen LogP contribution in [0.3, 0.4) is 0 Å². The molecule has 0 aliphatic carbocycles. The van der Waals surface area contributed by atoms with E-state index >= 15 is 0 Å². The molecule has 0 unspecified atom stereocenters. The molecule has 0 spiro atoms. The highest BCUT2D eigenvalue weighted by atomic mass is 16.2. The minimum atomic E-state index is 0.265. The highest BCUT2D eigenvalue weighted by molar-refractivity contribution is 5.77. The first-order valence-corrected chi connectivity index (χ1v) is 6.19. The Bertz CT molecular complexity index is 386. The number of nitrogens with zero attached hydrogens (tertiary/aromatic N) is 2. The van der Waals surface area contributed by atoms with Gasteiger partial charge in [-0.25, -0.2) is 0 Å². The third-order valence-electron chi connectivity index (χ3n) is 3.13. The summed E-state index contributed by atoms with van der Waals surface area (Å²) in [7, 11) is 0. The van der Waals surface area contributed by atoms with Crippen molar-refractivity contribution in [3.8, 4) is 0 Å². The molecule has 0 atom stereocenters. The maximum Gasteiger partial charge on any atom is 0.224 e. The van der Waals surface area contributed by atoms with Crippen LogP contribution in [0.25, 0.3) is 0 Å². The third-order valence-corrected chi connectivity index (χ3v) is 3.13. The second-order valence-corrected chi connectivity index (χ2v) is 4.46. The highest BCUT2D eigenvalue weighted by Crippen LogP contribution is 2.12. The Morgan fingerprint density at radius 2 is 2.24 bits per heavy atom. The second kappa shape index (κ2) is 5.66. The van der Waals surface area contributed by atoms with Crippen LogP contribution in [-0.2, 0) is 4.79 Å². The predicted molar refractivity (Wildman–Crippen MR) is 67.9 cm³/mol. The van der Waals surface area contributed by atoms with Gasteiger partial charge in [-0.15, -0.1) is 0 Å². The number of carbonyl (C=O) groups is 1. The van der Waals surface area contributed by atoms with Crippen molar-refractivity contribution in [3.63, 3.8) is 0 Å². The smallest absolute Gasteiger partial charge is 0.224 e. The molecule has 1 aromatic heterocycles. The minimum Gasteiger partial charge on any atom is -0.384 e. The van der Waals surface area contributed by atoms with Crippen LogP contribution >= 0.6 is 0 Å². The molecule has 17 heavy (non-hydrogen) atoms. The van der Waals surface area contributed by atoms with Gasteiger partial charge in [-0.3, -0.25) is 9.78 Å². The van der Waals surface area contributed by atoms with Gasteiger partial charge in [0, 0.05) is 44.1 Å². The Hall–Kier alpha value is -1.58. The van der Waals surface area contributed by atoms with Crippen LogP contribution < -0.4 is 5.32 Å². The van der Waals surface area contributed by atoms with Crippen LogP contribution in [0, 0.1) is 6.92 Å². The summed E-state index contributed by atoms with van der Waals surface area (Å²) in [5.41, 5.74) is 2.18. The van der Waals surface area contributed by atoms with E-state index in [9.17, 15) is 4.79 Å². The summed E-state index contributed by atoms with van der Waals surface area (Å²) in [5, 5.41) is 3.28. The summed E-state index contributed by atoms with van der Waals surface area (Å²) < 4.78 is 0. The molecule has 0 saturated carbocycles. The number of aromatic nitrogens is 1. The number of hydrogen-bond acceptors (Lipinski definition) is 3. The maximum atomic E-state index is 11.8. The van der Waals surface area contributed by atoms with E-state index in [1.165, 1.54) is 0 Å². The average molecular weight is 233 g/mol. The van der Waals surface area contributed by atoms with E-state index < -0.39 is 0 Å². The standard InChI is InChI=1S/C13H19N3O/c1-11-10-14-6-4-12(11)15-7-5-13(17)16-8-2-3-9-16/h4,6,10H,2-3,5,7-9H2,1H3,(H,14,15). The largest absolute Gasteiger partial charge is 0.384 e. The van der Waals surface area contributed by atoms with Crippen LogP contribution in [0.2, 0.25) is 0 Å². The molecule has 4 heteroatoms. The Labute approximate surface area is 102 Å². The molecule has 1 amide bonds. The Morgan fingerprint density at radius 1 is 1.47 bits per heavy atom. The van der Waals surface area contributed by atoms with Crippen molar-refractivity contribution in [2.45, 2.75) is 26.2 Å². The first-order valence-electron chi connectivity index (χ1n) is 6.19. The third kappa shape index (κ3) is 3.19. The van der Waals surface area contributed by atoms with Crippen molar-refractivity contribution >= 4 is 11.6 Å². The Kier molecular flexibility index (Phi) is 3.96. The van der Waals surface area contributed by atoms with Crippen molar-refractivity contribution in [1.82, 2.24) is 9.88 Å². The monoisotopic (exact) mass is 233 g/mol. The fourth-order valence-electron chi connectivity index (χ4n) is 2.10. The van der Waals surface area contributed by atoms with E-state index in [-0.39, 0.29) is 5.91 Å². The number of pyridine rings is 1. The summed E-state index contributed by atoms with van der Waals surface area (Å²) in [6, 6.07) is 1.94. The fourth-order valence-corrected chi connectivity index (χ4v) is 2.10. The number of likely N-dealkylation sites (tertiary alicyclic amines) is 1. The molecule has 0 radical (unpaired) electrons. The molecule has 4 nitrogen and oxygen atoms in total. The summed E-state index contributed by atoms with van der Waals surface area (Å²) in [5.74, 6) is 0.265. The molecule has 1 aliphatic heterocycles. The van der Waals surface area contributed by atoms with E-state index in [1.54, 1.807) is 6.20 Å². The molecule has 1 fully saturated rings. The van der Waals surface area contributed by atoms with Gasteiger partial charge in [0.2, 0.25) is 5.91 Å². The number of amides is 1. The lowest BCUT2D eigenvalue weighted by Crippen LogP contribution is -2.29. The highest BCUT2D eigenvalue weighted by Gasteiger charge is 2.16. The molecule has 0 aromatic carbocycles. The zero-order chi connectivity index (χ0) is 12.1. The number of rotatable bonds is 4. The van der Waals surface area contributed by atoms with E-state index in [4.69, 9.17) is 0 Å². The first kappa shape index (κ1) is 11.9. The lowest BCUT2D eigenvalue weighted by atomic mass is 10.2. The quantitative estimate of drug-likeness (QED) is 0.862. The molecule has 1 saturated heterocycles. The van der Waals surface area contributed by atoms with Gasteiger partial charge in [-0.2, -0.15) is 0 Å². The van der Waals surface area contributed by atoms with Crippen molar-refractivity contribution in [2.75, 3.05) is 25.0 Å². The van der Waals surface area contributed by atoms with Crippen molar-refractivity contribution in [3.05, 3.63) is 24.0 Å². The molecule has 92 valence electrons. The summed E-state index contributed by atoms with van der Waals surface area (Å²) in [6.45, 7) is 4.58. The van der Waals surface area contributed by atoms with Crippen LogP contribution in [0.15, 0.2) is 18.5 Å². The van der Waals surface area contributed by atoms with Gasteiger partial charge in [0.25, 0.3) is 0 Å². The molecular weight excluding hydrogens is 214 g/mol. The van der Waals surface area contributed by atoms with Gasteiger partial charge in [0.05, 0.1) is 0 Å². The van der Waals surface area contributed by atoms with Gasteiger partial charge in [0.15, 0.2) is 0 Å². The average Bonchev–Trinajstić information content (AvgIpc) is 2.85. The fraction of sp³-hybridized carbons (Fsp3) is 0.538. The van der Waals surface area contributed by atoms with Crippen molar-refractivity contribution in [1.29, 1.82) is 0 Å². The number of anilines is 1. The van der Waals surface area contributed by atoms with Crippen LogP contribution in [0.1, 0.15) is 24.8 Å². The lowest BCUT2D eigenvalue weighted by Gasteiger charge is -2.15. The van der Waals surface area contributed by atoms with Gasteiger partial charge in [-0.05, 0) is 31.4 Å². The van der Waals surface area contributed by atoms with Crippen LogP contribution in [0.5, 0.6) is 0 Å². The number of hydrogen-bond donors (Lipinski definition) is 1. The van der Waals surface area contributed by atoms with E-state index in [1.807, 2.05) is 24.1 Å². The molecule has 1 aromatic rings. The Balaban J connectivity index is 1.76. The maximum absolute atomic E-state index is 11.8. The zero-order valence-electron chi connectivity index (χ0n) is 10.3. The summed E-state index contributed by atoms with van der Waals surface area (Å²) >= 11 is 0. The molecule has 1 aliphatic rings. The number of carbonyl (C=O) groups excluding carboxylic acids is 1. The van der Waals surface area contributed by atoms with Crippen LogP contribution in [0.4, 0.5) is 5.69 Å². The zero-order valence-corrected chi connectivity index (χ0v) is 10.3. The lowest BCUT2D eigenvalue weighted by molar-refractivity contribution is -0.129. The number of nitrogens with one attached hydrogen (secondary N) is 1. The predicted octanol–water partition coefficient (Wildman–Crippen LogP) is 1.81. The van der Waals surface area contributed by atoms with Gasteiger partial charge >= 0.3 is 0 Å². The van der Waals surface area contributed by atoms with Gasteiger partial charge < -0.3 is 10.2 Å².